The first-order chi connectivity index (χ1) is 13.4. The normalized spacial score (nSPS) is 22.2. The molecule has 3 rings (SSSR count). The molecule has 1 aromatic rings. The number of unbranched alkanes of at least 4 members (excludes halogenated alkanes) is 1. The summed E-state index contributed by atoms with van der Waals surface area (Å²) in [5.41, 5.74) is 0.589. The van der Waals surface area contributed by atoms with Gasteiger partial charge < -0.3 is 19.3 Å². The van der Waals surface area contributed by atoms with Crippen molar-refractivity contribution in [3.63, 3.8) is 0 Å². The lowest BCUT2D eigenvalue weighted by atomic mass is 10.1. The van der Waals surface area contributed by atoms with Crippen LogP contribution in [-0.2, 0) is 9.84 Å². The van der Waals surface area contributed by atoms with Gasteiger partial charge in [0.25, 0.3) is 5.91 Å². The van der Waals surface area contributed by atoms with Gasteiger partial charge in [0.15, 0.2) is 21.3 Å². The van der Waals surface area contributed by atoms with Crippen LogP contribution in [0, 0.1) is 0 Å². The van der Waals surface area contributed by atoms with Crippen molar-refractivity contribution >= 4 is 15.7 Å². The van der Waals surface area contributed by atoms with Gasteiger partial charge in [-0.25, -0.2) is 8.42 Å². The van der Waals surface area contributed by atoms with Gasteiger partial charge in [-0.05, 0) is 24.6 Å². The fourth-order valence-electron chi connectivity index (χ4n) is 3.95. The van der Waals surface area contributed by atoms with Gasteiger partial charge in [-0.2, -0.15) is 0 Å². The number of amides is 1. The highest BCUT2D eigenvalue weighted by atomic mass is 32.2. The highest BCUT2D eigenvalue weighted by Gasteiger charge is 2.37. The van der Waals surface area contributed by atoms with Crippen LogP contribution in [-0.4, -0.2) is 76.7 Å². The second-order valence-corrected chi connectivity index (χ2v) is 9.85. The van der Waals surface area contributed by atoms with Crippen molar-refractivity contribution in [1.29, 1.82) is 0 Å². The number of sulfone groups is 1. The zero-order valence-corrected chi connectivity index (χ0v) is 17.6. The van der Waals surface area contributed by atoms with Crippen molar-refractivity contribution in [2.45, 2.75) is 32.2 Å². The Balaban J connectivity index is 1.58. The largest absolute Gasteiger partial charge is 0.493 e. The lowest BCUT2D eigenvalue weighted by Crippen LogP contribution is -3.18. The average Bonchev–Trinajstić information content (AvgIpc) is 3.07. The zero-order chi connectivity index (χ0) is 20.1. The van der Waals surface area contributed by atoms with Gasteiger partial charge in [0.05, 0.1) is 45.6 Å². The molecule has 0 radical (unpaired) electrons. The van der Waals surface area contributed by atoms with E-state index in [0.29, 0.717) is 42.5 Å². The molecule has 8 heteroatoms. The number of carbonyl (C=O) groups is 1. The maximum atomic E-state index is 12.9. The van der Waals surface area contributed by atoms with E-state index in [1.807, 2.05) is 4.90 Å². The Bertz CT molecular complexity index is 788. The molecule has 2 aliphatic rings. The molecule has 0 aliphatic carbocycles. The van der Waals surface area contributed by atoms with Gasteiger partial charge in [-0.1, -0.05) is 13.3 Å². The molecule has 1 atom stereocenters. The quantitative estimate of drug-likeness (QED) is 0.658. The Morgan fingerprint density at radius 3 is 2.61 bits per heavy atom. The molecule has 2 heterocycles. The summed E-state index contributed by atoms with van der Waals surface area (Å²) < 4.78 is 34.6. The monoisotopic (exact) mass is 411 g/mol. The molecule has 1 amide bonds. The fraction of sp³-hybridized carbons (Fsp3) is 0.650. The molecule has 1 aromatic carbocycles. The maximum Gasteiger partial charge on any atom is 0.254 e. The van der Waals surface area contributed by atoms with Gasteiger partial charge >= 0.3 is 0 Å². The number of nitrogens with one attached hydrogen (secondary N) is 1. The number of benzene rings is 1. The number of ether oxygens (including phenoxy) is 2. The molecule has 2 saturated heterocycles. The van der Waals surface area contributed by atoms with Crippen molar-refractivity contribution in [2.24, 2.45) is 0 Å². The second kappa shape index (κ2) is 9.13. The van der Waals surface area contributed by atoms with Gasteiger partial charge in [-0.15, -0.1) is 0 Å². The summed E-state index contributed by atoms with van der Waals surface area (Å²) in [7, 11) is -1.29. The van der Waals surface area contributed by atoms with Crippen LogP contribution in [0.1, 0.15) is 36.5 Å². The first kappa shape index (κ1) is 20.9. The zero-order valence-electron chi connectivity index (χ0n) is 16.8. The summed E-state index contributed by atoms with van der Waals surface area (Å²) in [6.45, 7) is 5.60. The minimum absolute atomic E-state index is 0.0171. The molecule has 1 N–H and O–H groups in total. The van der Waals surface area contributed by atoms with Crippen LogP contribution in [0.4, 0.5) is 0 Å². The molecular weight excluding hydrogens is 380 g/mol. The molecule has 0 unspecified atom stereocenters. The first-order valence-electron chi connectivity index (χ1n) is 10.1. The Kier molecular flexibility index (Phi) is 6.82. The van der Waals surface area contributed by atoms with Gasteiger partial charge in [0.2, 0.25) is 0 Å². The molecule has 0 aromatic heterocycles. The van der Waals surface area contributed by atoms with E-state index >= 15 is 0 Å². The van der Waals surface area contributed by atoms with E-state index in [0.717, 1.165) is 32.4 Å². The van der Waals surface area contributed by atoms with Crippen LogP contribution in [0.2, 0.25) is 0 Å². The molecule has 2 fully saturated rings. The first-order valence-corrected chi connectivity index (χ1v) is 11.9. The summed E-state index contributed by atoms with van der Waals surface area (Å²) in [4.78, 5) is 16.0. The van der Waals surface area contributed by atoms with Crippen molar-refractivity contribution in [3.8, 4) is 11.5 Å². The standard InChI is InChI=1S/C20H30N2O5S/c1-3-4-12-27-18-6-5-16(14-19(18)26-2)20(23)22-10-8-21(9-11-22)17-7-13-28(24,25)15-17/h5-6,14,17H,3-4,7-13,15H2,1-2H3/p+1/t17-/m1/s1. The van der Waals surface area contributed by atoms with Crippen LogP contribution >= 0.6 is 0 Å². The van der Waals surface area contributed by atoms with Crippen LogP contribution in [0.5, 0.6) is 11.5 Å². The number of rotatable bonds is 7. The summed E-state index contributed by atoms with van der Waals surface area (Å²) in [6.07, 6.45) is 2.76. The third-order valence-electron chi connectivity index (χ3n) is 5.67. The van der Waals surface area contributed by atoms with Gasteiger partial charge in [0.1, 0.15) is 11.8 Å². The molecule has 0 bridgehead atoms. The number of piperazine rings is 1. The van der Waals surface area contributed by atoms with E-state index < -0.39 is 9.84 Å². The van der Waals surface area contributed by atoms with Crippen LogP contribution in [0.3, 0.4) is 0 Å². The molecule has 28 heavy (non-hydrogen) atoms. The van der Waals surface area contributed by atoms with Crippen molar-refractivity contribution in [3.05, 3.63) is 23.8 Å². The lowest BCUT2D eigenvalue weighted by molar-refractivity contribution is -0.925. The highest BCUT2D eigenvalue weighted by Crippen LogP contribution is 2.28. The van der Waals surface area contributed by atoms with Crippen LogP contribution < -0.4 is 14.4 Å². The predicted molar refractivity (Wildman–Crippen MR) is 107 cm³/mol. The van der Waals surface area contributed by atoms with E-state index in [9.17, 15) is 13.2 Å². The van der Waals surface area contributed by atoms with Crippen LogP contribution in [0.15, 0.2) is 18.2 Å². The van der Waals surface area contributed by atoms with Crippen molar-refractivity contribution in [2.75, 3.05) is 51.4 Å². The SMILES string of the molecule is CCCCOc1ccc(C(=O)N2CC[NH+]([C@@H]3CCS(=O)(=O)C3)CC2)cc1OC. The highest BCUT2D eigenvalue weighted by molar-refractivity contribution is 7.91. The molecule has 156 valence electrons. The number of nitrogens with zero attached hydrogens (tertiary/aromatic N) is 1. The van der Waals surface area contributed by atoms with E-state index in [-0.39, 0.29) is 17.7 Å². The Morgan fingerprint density at radius 1 is 1.25 bits per heavy atom. The topological polar surface area (TPSA) is 77.4 Å². The van der Waals surface area contributed by atoms with E-state index in [1.54, 1.807) is 25.3 Å². The van der Waals surface area contributed by atoms with Crippen LogP contribution in [0.25, 0.3) is 0 Å². The van der Waals surface area contributed by atoms with E-state index in [4.69, 9.17) is 9.47 Å². The molecule has 7 nitrogen and oxygen atoms in total. The number of hydrogen-bond donors (Lipinski definition) is 1. The third-order valence-corrected chi connectivity index (χ3v) is 7.44. The number of carbonyl (C=O) groups excluding carboxylic acids is 1. The molecule has 0 spiro atoms. The van der Waals surface area contributed by atoms with E-state index in [2.05, 4.69) is 6.92 Å². The predicted octanol–water partition coefficient (Wildman–Crippen LogP) is 0.402. The molecule has 0 saturated carbocycles. The van der Waals surface area contributed by atoms with Crippen molar-refractivity contribution in [1.82, 2.24) is 4.90 Å². The Morgan fingerprint density at radius 2 is 2.00 bits per heavy atom. The Labute approximate surface area is 167 Å². The second-order valence-electron chi connectivity index (χ2n) is 7.62. The minimum atomic E-state index is -2.87. The fourth-order valence-corrected chi connectivity index (χ4v) is 5.78. The van der Waals surface area contributed by atoms with Crippen molar-refractivity contribution < 1.29 is 27.6 Å². The number of hydrogen-bond acceptors (Lipinski definition) is 5. The van der Waals surface area contributed by atoms with Gasteiger partial charge in [-0.3, -0.25) is 4.79 Å². The minimum Gasteiger partial charge on any atom is -0.493 e. The maximum absolute atomic E-state index is 12.9. The third kappa shape index (κ3) is 4.97. The molecule has 2 aliphatic heterocycles. The lowest BCUT2D eigenvalue weighted by Gasteiger charge is -2.35. The number of methoxy groups -OCH3 is 1. The Hall–Kier alpha value is -1.80. The summed E-state index contributed by atoms with van der Waals surface area (Å²) in [5, 5.41) is 0. The van der Waals surface area contributed by atoms with Gasteiger partial charge in [0, 0.05) is 12.0 Å². The average molecular weight is 412 g/mol. The number of quaternary nitrogens is 1. The molecular formula is C20H31N2O5S+. The smallest absolute Gasteiger partial charge is 0.254 e. The summed E-state index contributed by atoms with van der Waals surface area (Å²) in [6, 6.07) is 5.51. The summed E-state index contributed by atoms with van der Waals surface area (Å²) >= 11 is 0. The summed E-state index contributed by atoms with van der Waals surface area (Å²) in [5.74, 6) is 1.80. The van der Waals surface area contributed by atoms with E-state index in [1.165, 1.54) is 4.90 Å².